The number of benzene rings is 11. The Morgan fingerprint density at radius 2 is 0.836 bits per heavy atom. The van der Waals surface area contributed by atoms with E-state index < -0.39 is 0 Å². The third-order valence-corrected chi connectivity index (χ3v) is 12.8. The summed E-state index contributed by atoms with van der Waals surface area (Å²) < 4.78 is 0. The van der Waals surface area contributed by atoms with E-state index >= 15 is 0 Å². The molecule has 0 amide bonds. The molecule has 0 nitrogen and oxygen atoms in total. The molecule has 11 aromatic carbocycles. The molecule has 0 unspecified atom stereocenters. The van der Waals surface area contributed by atoms with Crippen molar-refractivity contribution >= 4 is 64.6 Å². The van der Waals surface area contributed by atoms with Crippen molar-refractivity contribution in [2.45, 2.75) is 19.3 Å². The van der Waals surface area contributed by atoms with E-state index in [1.165, 1.54) is 120 Å². The predicted molar refractivity (Wildman–Crippen MR) is 237 cm³/mol. The van der Waals surface area contributed by atoms with Crippen molar-refractivity contribution in [1.29, 1.82) is 0 Å². The lowest BCUT2D eigenvalue weighted by Crippen LogP contribution is -2.14. The highest BCUT2D eigenvalue weighted by molar-refractivity contribution is 6.29. The van der Waals surface area contributed by atoms with Crippen LogP contribution >= 0.6 is 0 Å². The highest BCUT2D eigenvalue weighted by Crippen LogP contribution is 2.52. The molecular weight excluding hydrogens is 661 g/mol. The molecular formula is C55H36. The molecule has 0 fully saturated rings. The second kappa shape index (κ2) is 11.1. The van der Waals surface area contributed by atoms with Gasteiger partial charge in [-0.2, -0.15) is 0 Å². The average molecular weight is 697 g/mol. The molecule has 0 aromatic heterocycles. The Balaban J connectivity index is 1.21. The summed E-state index contributed by atoms with van der Waals surface area (Å²) in [5, 5.41) is 15.5. The van der Waals surface area contributed by atoms with Crippen LogP contribution in [0, 0.1) is 0 Å². The number of hydrogen-bond acceptors (Lipinski definition) is 0. The van der Waals surface area contributed by atoms with E-state index in [4.69, 9.17) is 0 Å². The van der Waals surface area contributed by atoms with Gasteiger partial charge in [0.05, 0.1) is 0 Å². The highest BCUT2D eigenvalue weighted by atomic mass is 14.4. The maximum absolute atomic E-state index is 2.50. The van der Waals surface area contributed by atoms with Gasteiger partial charge in [0.2, 0.25) is 0 Å². The Hall–Kier alpha value is -6.76. The van der Waals surface area contributed by atoms with Crippen molar-refractivity contribution in [3.8, 4) is 44.5 Å². The second-order valence-electron chi connectivity index (χ2n) is 16.0. The van der Waals surface area contributed by atoms with Gasteiger partial charge >= 0.3 is 0 Å². The van der Waals surface area contributed by atoms with Gasteiger partial charge in [0.1, 0.15) is 0 Å². The van der Waals surface area contributed by atoms with Crippen molar-refractivity contribution in [2.75, 3.05) is 0 Å². The molecule has 0 bridgehead atoms. The van der Waals surface area contributed by atoms with Gasteiger partial charge in [0.15, 0.2) is 0 Å². The van der Waals surface area contributed by atoms with E-state index in [0.29, 0.717) is 0 Å². The zero-order chi connectivity index (χ0) is 36.4. The molecule has 1 aliphatic carbocycles. The molecule has 0 radical (unpaired) electrons. The predicted octanol–water partition coefficient (Wildman–Crippen LogP) is 15.4. The Morgan fingerprint density at radius 1 is 0.291 bits per heavy atom. The first-order valence-corrected chi connectivity index (χ1v) is 19.4. The number of fused-ring (bicyclic) bond motifs is 6. The molecule has 12 rings (SSSR count). The van der Waals surface area contributed by atoms with E-state index in [0.717, 1.165) is 0 Å². The topological polar surface area (TPSA) is 0 Å². The second-order valence-corrected chi connectivity index (χ2v) is 16.0. The molecule has 55 heavy (non-hydrogen) atoms. The standard InChI is InChI=1S/C55H36/c1-55(2)49-20-8-7-16-41(49)42-27-26-38(32-50(42)55)52-43-17-5-6-18-44(43)54(46-29-24-36-22-21-34-13-9-14-35-23-28-45(46)53(36)51(34)35)47-30-25-37(31-48(47)52)40-19-10-12-33-11-3-4-15-39(33)40/h3-32H,1-2H3. The summed E-state index contributed by atoms with van der Waals surface area (Å²) in [6.07, 6.45) is 0. The molecule has 0 spiro atoms. The molecule has 0 N–H and O–H groups in total. The summed E-state index contributed by atoms with van der Waals surface area (Å²) in [6, 6.07) is 68.6. The van der Waals surface area contributed by atoms with Crippen molar-refractivity contribution < 1.29 is 0 Å². The Bertz CT molecular complexity index is 3370. The summed E-state index contributed by atoms with van der Waals surface area (Å²) >= 11 is 0. The van der Waals surface area contributed by atoms with Crippen LogP contribution in [0.15, 0.2) is 182 Å². The van der Waals surface area contributed by atoms with Gasteiger partial charge in [-0.3, -0.25) is 0 Å². The minimum Gasteiger partial charge on any atom is -0.0619 e. The number of rotatable bonds is 3. The minimum atomic E-state index is -0.0939. The van der Waals surface area contributed by atoms with Gasteiger partial charge in [-0.1, -0.05) is 184 Å². The normalized spacial score (nSPS) is 13.4. The van der Waals surface area contributed by atoms with E-state index in [1.54, 1.807) is 0 Å². The Morgan fingerprint density at radius 3 is 1.69 bits per heavy atom. The van der Waals surface area contributed by atoms with Crippen LogP contribution in [0.3, 0.4) is 0 Å². The summed E-state index contributed by atoms with van der Waals surface area (Å²) in [7, 11) is 0. The zero-order valence-corrected chi connectivity index (χ0v) is 30.8. The number of hydrogen-bond donors (Lipinski definition) is 0. The Labute approximate surface area is 320 Å². The average Bonchev–Trinajstić information content (AvgIpc) is 3.46. The third-order valence-electron chi connectivity index (χ3n) is 12.8. The van der Waals surface area contributed by atoms with Gasteiger partial charge in [-0.05, 0) is 132 Å². The van der Waals surface area contributed by atoms with Crippen molar-refractivity contribution in [3.05, 3.63) is 193 Å². The van der Waals surface area contributed by atoms with Crippen LogP contribution in [-0.2, 0) is 5.41 Å². The van der Waals surface area contributed by atoms with Gasteiger partial charge < -0.3 is 0 Å². The van der Waals surface area contributed by atoms with Crippen LogP contribution in [0.5, 0.6) is 0 Å². The molecule has 256 valence electrons. The van der Waals surface area contributed by atoms with Crippen LogP contribution in [-0.4, -0.2) is 0 Å². The fourth-order valence-corrected chi connectivity index (χ4v) is 10.2. The molecule has 0 heteroatoms. The summed E-state index contributed by atoms with van der Waals surface area (Å²) in [4.78, 5) is 0. The smallest absolute Gasteiger partial charge is 0.0159 e. The van der Waals surface area contributed by atoms with E-state index in [2.05, 4.69) is 196 Å². The maximum atomic E-state index is 2.50. The first kappa shape index (κ1) is 30.7. The van der Waals surface area contributed by atoms with Crippen LogP contribution in [0.2, 0.25) is 0 Å². The minimum absolute atomic E-state index is 0.0939. The van der Waals surface area contributed by atoms with E-state index in [-0.39, 0.29) is 5.41 Å². The largest absolute Gasteiger partial charge is 0.0619 e. The van der Waals surface area contributed by atoms with Gasteiger partial charge in [-0.25, -0.2) is 0 Å². The summed E-state index contributed by atoms with van der Waals surface area (Å²) in [5.74, 6) is 0. The highest BCUT2D eigenvalue weighted by Gasteiger charge is 2.35. The van der Waals surface area contributed by atoms with Gasteiger partial charge in [0.25, 0.3) is 0 Å². The lowest BCUT2D eigenvalue weighted by Gasteiger charge is -2.23. The Kier molecular flexibility index (Phi) is 6.21. The van der Waals surface area contributed by atoms with E-state index in [1.807, 2.05) is 0 Å². The molecule has 0 aliphatic heterocycles. The van der Waals surface area contributed by atoms with Crippen LogP contribution in [0.4, 0.5) is 0 Å². The van der Waals surface area contributed by atoms with Crippen molar-refractivity contribution in [1.82, 2.24) is 0 Å². The van der Waals surface area contributed by atoms with Crippen LogP contribution in [0.25, 0.3) is 109 Å². The zero-order valence-electron chi connectivity index (χ0n) is 30.8. The van der Waals surface area contributed by atoms with E-state index in [9.17, 15) is 0 Å². The first-order valence-electron chi connectivity index (χ1n) is 19.4. The summed E-state index contributed by atoms with van der Waals surface area (Å²) in [6.45, 7) is 4.76. The van der Waals surface area contributed by atoms with Gasteiger partial charge in [0, 0.05) is 5.41 Å². The monoisotopic (exact) mass is 696 g/mol. The molecule has 0 atom stereocenters. The van der Waals surface area contributed by atoms with Crippen LogP contribution < -0.4 is 0 Å². The van der Waals surface area contributed by atoms with Crippen LogP contribution in [0.1, 0.15) is 25.0 Å². The lowest BCUT2D eigenvalue weighted by molar-refractivity contribution is 0.660. The lowest BCUT2D eigenvalue weighted by atomic mass is 9.79. The first-order chi connectivity index (χ1) is 27.0. The maximum Gasteiger partial charge on any atom is 0.0159 e. The molecule has 0 saturated heterocycles. The SMILES string of the molecule is CC1(C)c2ccccc2-c2ccc(-c3c4ccccc4c(-c4ccc5ccc6cccc7ccc4c5c67)c4ccc(-c5cccc6ccccc56)cc34)cc21. The molecule has 1 aliphatic rings. The van der Waals surface area contributed by atoms with Crippen molar-refractivity contribution in [2.24, 2.45) is 0 Å². The third kappa shape index (κ3) is 4.23. The molecule has 0 saturated carbocycles. The molecule has 0 heterocycles. The molecule has 11 aromatic rings. The summed E-state index contributed by atoms with van der Waals surface area (Å²) in [5.41, 5.74) is 13.0. The van der Waals surface area contributed by atoms with Crippen molar-refractivity contribution in [3.63, 3.8) is 0 Å². The van der Waals surface area contributed by atoms with Gasteiger partial charge in [-0.15, -0.1) is 0 Å². The fraction of sp³-hybridized carbons (Fsp3) is 0.0545. The quantitative estimate of drug-likeness (QED) is 0.127. The fourth-order valence-electron chi connectivity index (χ4n) is 10.2.